The number of hydrogen-bond acceptors (Lipinski definition) is 4. The summed E-state index contributed by atoms with van der Waals surface area (Å²) < 4.78 is 1.73. The van der Waals surface area contributed by atoms with Crippen molar-refractivity contribution in [3.05, 3.63) is 42.1 Å². The van der Waals surface area contributed by atoms with E-state index in [-0.39, 0.29) is 12.0 Å². The molecular weight excluding hydrogens is 290 g/mol. The molecule has 0 aliphatic heterocycles. The first-order valence-electron chi connectivity index (χ1n) is 7.70. The van der Waals surface area contributed by atoms with Gasteiger partial charge in [0, 0.05) is 11.9 Å². The Morgan fingerprint density at radius 2 is 2.13 bits per heavy atom. The number of nitrogens with one attached hydrogen (secondary N) is 1. The zero-order chi connectivity index (χ0) is 16.2. The molecule has 0 bridgehead atoms. The van der Waals surface area contributed by atoms with Gasteiger partial charge in [-0.3, -0.25) is 9.48 Å². The van der Waals surface area contributed by atoms with Crippen LogP contribution in [0.2, 0.25) is 0 Å². The van der Waals surface area contributed by atoms with Crippen molar-refractivity contribution in [3.8, 4) is 6.07 Å². The van der Waals surface area contributed by atoms with E-state index in [1.807, 2.05) is 12.1 Å². The summed E-state index contributed by atoms with van der Waals surface area (Å²) in [5, 5.41) is 16.9. The number of nitriles is 1. The average molecular weight is 308 g/mol. The van der Waals surface area contributed by atoms with Gasteiger partial charge >= 0.3 is 0 Å². The summed E-state index contributed by atoms with van der Waals surface area (Å²) in [6.07, 6.45) is 5.53. The van der Waals surface area contributed by atoms with Crippen molar-refractivity contribution in [2.45, 2.75) is 31.7 Å². The molecule has 1 saturated carbocycles. The van der Waals surface area contributed by atoms with Gasteiger partial charge in [0.1, 0.15) is 5.56 Å². The Morgan fingerprint density at radius 3 is 2.83 bits per heavy atom. The topological polar surface area (TPSA) is 96.7 Å². The first-order chi connectivity index (χ1) is 11.2. The van der Waals surface area contributed by atoms with Gasteiger partial charge in [-0.15, -0.1) is 0 Å². The van der Waals surface area contributed by atoms with Crippen LogP contribution in [0.15, 0.2) is 30.5 Å². The Balaban J connectivity index is 1.92. The van der Waals surface area contributed by atoms with E-state index in [0.717, 1.165) is 31.4 Å². The van der Waals surface area contributed by atoms with E-state index in [0.29, 0.717) is 11.4 Å². The second-order valence-corrected chi connectivity index (χ2v) is 5.74. The summed E-state index contributed by atoms with van der Waals surface area (Å²) in [7, 11) is 0. The third-order valence-electron chi connectivity index (χ3n) is 4.21. The summed E-state index contributed by atoms with van der Waals surface area (Å²) in [4.78, 5) is 11.7. The molecule has 2 aromatic rings. The average Bonchev–Trinajstić information content (AvgIpc) is 2.99. The fraction of sp³-hybridized carbons (Fsp3) is 0.353. The molecule has 1 aliphatic rings. The number of anilines is 2. The smallest absolute Gasteiger partial charge is 0.254 e. The molecule has 2 atom stereocenters. The SMILES string of the molecule is N#CC1CCCCC1n1cc(C(N)=O)c(Nc2cc[c]cc2)n1. The summed E-state index contributed by atoms with van der Waals surface area (Å²) in [6, 6.07) is 12.5. The van der Waals surface area contributed by atoms with E-state index in [9.17, 15) is 10.1 Å². The highest BCUT2D eigenvalue weighted by molar-refractivity contribution is 5.98. The highest BCUT2D eigenvalue weighted by Crippen LogP contribution is 2.34. The number of aromatic nitrogens is 2. The number of primary amides is 1. The van der Waals surface area contributed by atoms with Crippen molar-refractivity contribution in [1.82, 2.24) is 9.78 Å². The van der Waals surface area contributed by atoms with Crippen LogP contribution in [-0.2, 0) is 0 Å². The molecule has 1 aromatic heterocycles. The van der Waals surface area contributed by atoms with Crippen LogP contribution in [0.5, 0.6) is 0 Å². The maximum atomic E-state index is 11.7. The Kier molecular flexibility index (Phi) is 4.29. The molecule has 2 unspecified atom stereocenters. The highest BCUT2D eigenvalue weighted by Gasteiger charge is 2.28. The predicted molar refractivity (Wildman–Crippen MR) is 85.9 cm³/mol. The summed E-state index contributed by atoms with van der Waals surface area (Å²) in [5.74, 6) is -0.194. The molecule has 1 radical (unpaired) electrons. The van der Waals surface area contributed by atoms with Gasteiger partial charge < -0.3 is 11.1 Å². The largest absolute Gasteiger partial charge is 0.365 e. The third-order valence-corrected chi connectivity index (χ3v) is 4.21. The van der Waals surface area contributed by atoms with Crippen LogP contribution < -0.4 is 11.1 Å². The van der Waals surface area contributed by atoms with Gasteiger partial charge in [0.05, 0.1) is 18.0 Å². The lowest BCUT2D eigenvalue weighted by molar-refractivity contribution is 0.100. The minimum atomic E-state index is -0.537. The Hall–Kier alpha value is -2.81. The predicted octanol–water partition coefficient (Wildman–Crippen LogP) is 2.78. The van der Waals surface area contributed by atoms with Crippen LogP contribution in [0, 0.1) is 23.3 Å². The fourth-order valence-corrected chi connectivity index (χ4v) is 3.02. The Bertz CT molecular complexity index is 731. The van der Waals surface area contributed by atoms with Crippen LogP contribution in [0.1, 0.15) is 42.1 Å². The van der Waals surface area contributed by atoms with Crippen molar-refractivity contribution in [2.24, 2.45) is 11.7 Å². The van der Waals surface area contributed by atoms with Gasteiger partial charge in [-0.1, -0.05) is 25.0 Å². The van der Waals surface area contributed by atoms with E-state index < -0.39 is 5.91 Å². The molecule has 6 nitrogen and oxygen atoms in total. The summed E-state index contributed by atoms with van der Waals surface area (Å²) in [5.41, 5.74) is 6.61. The zero-order valence-corrected chi connectivity index (χ0v) is 12.7. The normalized spacial score (nSPS) is 20.7. The van der Waals surface area contributed by atoms with Gasteiger partial charge in [0.25, 0.3) is 5.91 Å². The monoisotopic (exact) mass is 308 g/mol. The van der Waals surface area contributed by atoms with Crippen molar-refractivity contribution in [3.63, 3.8) is 0 Å². The second kappa shape index (κ2) is 6.53. The molecule has 0 spiro atoms. The van der Waals surface area contributed by atoms with Gasteiger partial charge in [-0.05, 0) is 31.0 Å². The summed E-state index contributed by atoms with van der Waals surface area (Å²) >= 11 is 0. The molecule has 3 N–H and O–H groups in total. The van der Waals surface area contributed by atoms with Crippen LogP contribution in [0.3, 0.4) is 0 Å². The van der Waals surface area contributed by atoms with E-state index >= 15 is 0 Å². The van der Waals surface area contributed by atoms with Crippen molar-refractivity contribution < 1.29 is 4.79 Å². The molecule has 3 rings (SSSR count). The van der Waals surface area contributed by atoms with Crippen LogP contribution in [-0.4, -0.2) is 15.7 Å². The van der Waals surface area contributed by atoms with Crippen molar-refractivity contribution in [2.75, 3.05) is 5.32 Å². The lowest BCUT2D eigenvalue weighted by Crippen LogP contribution is -2.22. The highest BCUT2D eigenvalue weighted by atomic mass is 16.1. The minimum Gasteiger partial charge on any atom is -0.365 e. The van der Waals surface area contributed by atoms with Crippen molar-refractivity contribution in [1.29, 1.82) is 5.26 Å². The Labute approximate surface area is 134 Å². The van der Waals surface area contributed by atoms with Gasteiger partial charge in [0.15, 0.2) is 5.82 Å². The first kappa shape index (κ1) is 15.1. The minimum absolute atomic E-state index is 0.00786. The maximum Gasteiger partial charge on any atom is 0.254 e. The molecule has 1 fully saturated rings. The molecule has 1 aromatic carbocycles. The Morgan fingerprint density at radius 1 is 1.39 bits per heavy atom. The molecular formula is C17H18N5O. The third kappa shape index (κ3) is 3.19. The van der Waals surface area contributed by atoms with E-state index in [1.165, 1.54) is 0 Å². The van der Waals surface area contributed by atoms with E-state index in [4.69, 9.17) is 5.73 Å². The number of benzene rings is 1. The quantitative estimate of drug-likeness (QED) is 0.907. The van der Waals surface area contributed by atoms with Crippen LogP contribution in [0.4, 0.5) is 11.5 Å². The molecule has 1 aliphatic carbocycles. The maximum absolute atomic E-state index is 11.7. The van der Waals surface area contributed by atoms with Gasteiger partial charge in [-0.25, -0.2) is 0 Å². The van der Waals surface area contributed by atoms with Crippen molar-refractivity contribution >= 4 is 17.4 Å². The molecule has 1 amide bonds. The molecule has 0 saturated heterocycles. The van der Waals surface area contributed by atoms with E-state index in [1.54, 1.807) is 23.0 Å². The number of hydrogen-bond donors (Lipinski definition) is 2. The number of nitrogens with two attached hydrogens (primary N) is 1. The number of carbonyl (C=O) groups is 1. The standard InChI is InChI=1S/C17H18N5O/c18-10-12-6-4-5-9-15(12)22-11-14(16(19)23)17(21-22)20-13-7-2-1-3-8-13/h2-3,7-8,11-12,15H,4-6,9H2,(H2,19,23)(H,20,21). The zero-order valence-electron chi connectivity index (χ0n) is 12.7. The molecule has 23 heavy (non-hydrogen) atoms. The first-order valence-corrected chi connectivity index (χ1v) is 7.70. The number of amides is 1. The second-order valence-electron chi connectivity index (χ2n) is 5.74. The van der Waals surface area contributed by atoms with Crippen LogP contribution in [0.25, 0.3) is 0 Å². The summed E-state index contributed by atoms with van der Waals surface area (Å²) in [6.45, 7) is 0. The van der Waals surface area contributed by atoms with Crippen LogP contribution >= 0.6 is 0 Å². The lowest BCUT2D eigenvalue weighted by atomic mass is 9.85. The molecule has 1 heterocycles. The van der Waals surface area contributed by atoms with Gasteiger partial charge in [0.2, 0.25) is 0 Å². The number of rotatable bonds is 4. The van der Waals surface area contributed by atoms with Gasteiger partial charge in [-0.2, -0.15) is 10.4 Å². The fourth-order valence-electron chi connectivity index (χ4n) is 3.02. The molecule has 6 heteroatoms. The number of nitrogens with zero attached hydrogens (tertiary/aromatic N) is 3. The molecule has 117 valence electrons. The lowest BCUT2D eigenvalue weighted by Gasteiger charge is -2.26. The van der Waals surface area contributed by atoms with E-state index in [2.05, 4.69) is 22.6 Å². The number of carbonyl (C=O) groups excluding carboxylic acids is 1.